The first-order valence-corrected chi connectivity index (χ1v) is 8.20. The van der Waals surface area contributed by atoms with E-state index in [4.69, 9.17) is 0 Å². The van der Waals surface area contributed by atoms with Gasteiger partial charge in [0.1, 0.15) is 0 Å². The lowest BCUT2D eigenvalue weighted by Crippen LogP contribution is -2.37. The second-order valence-corrected chi connectivity index (χ2v) is 6.49. The molecule has 2 heterocycles. The zero-order valence-electron chi connectivity index (χ0n) is 13.5. The Kier molecular flexibility index (Phi) is 3.89. The molecule has 0 saturated heterocycles. The van der Waals surface area contributed by atoms with Gasteiger partial charge in [-0.05, 0) is 18.1 Å². The van der Waals surface area contributed by atoms with Gasteiger partial charge < -0.3 is 4.57 Å². The van der Waals surface area contributed by atoms with Crippen LogP contribution in [0.5, 0.6) is 0 Å². The van der Waals surface area contributed by atoms with E-state index >= 15 is 0 Å². The van der Waals surface area contributed by atoms with Gasteiger partial charge in [0.2, 0.25) is 0 Å². The number of hydrogen-bond donors (Lipinski definition) is 0. The Labute approximate surface area is 137 Å². The number of aromatic nitrogens is 4. The molecule has 23 heavy (non-hydrogen) atoms. The highest BCUT2D eigenvalue weighted by atomic mass is 32.2. The van der Waals surface area contributed by atoms with E-state index in [-0.39, 0.29) is 11.2 Å². The third-order valence-electron chi connectivity index (χ3n) is 4.04. The molecule has 0 radical (unpaired) electrons. The predicted molar refractivity (Wildman–Crippen MR) is 91.9 cm³/mol. The molecule has 120 valence electrons. The fourth-order valence-corrected chi connectivity index (χ4v) is 3.65. The van der Waals surface area contributed by atoms with Gasteiger partial charge >= 0.3 is 5.69 Å². The Morgan fingerprint density at radius 1 is 1.04 bits per heavy atom. The van der Waals surface area contributed by atoms with E-state index in [1.54, 1.807) is 23.4 Å². The van der Waals surface area contributed by atoms with Crippen LogP contribution >= 0.6 is 11.8 Å². The number of aryl methyl sites for hydroxylation is 3. The summed E-state index contributed by atoms with van der Waals surface area (Å²) in [5.41, 5.74) is 2.62. The molecule has 1 aromatic carbocycles. The molecule has 0 aliphatic carbocycles. The first kappa shape index (κ1) is 15.6. The quantitative estimate of drug-likeness (QED) is 0.684. The molecule has 2 aromatic heterocycles. The van der Waals surface area contributed by atoms with Crippen molar-refractivity contribution in [1.29, 1.82) is 0 Å². The van der Waals surface area contributed by atoms with Crippen LogP contribution in [0, 0.1) is 6.92 Å². The first-order chi connectivity index (χ1) is 10.9. The van der Waals surface area contributed by atoms with Gasteiger partial charge in [0.05, 0.1) is 0 Å². The lowest BCUT2D eigenvalue weighted by molar-refractivity contribution is 0.690. The zero-order chi connectivity index (χ0) is 16.7. The van der Waals surface area contributed by atoms with E-state index in [0.717, 1.165) is 15.5 Å². The molecule has 0 aliphatic heterocycles. The highest BCUT2D eigenvalue weighted by Gasteiger charge is 2.17. The minimum atomic E-state index is -0.360. The summed E-state index contributed by atoms with van der Waals surface area (Å²) in [6, 6.07) is 8.18. The van der Waals surface area contributed by atoms with E-state index < -0.39 is 0 Å². The smallest absolute Gasteiger partial charge is 0.308 e. The second kappa shape index (κ2) is 5.73. The van der Waals surface area contributed by atoms with Crippen LogP contribution < -0.4 is 11.2 Å². The maximum Gasteiger partial charge on any atom is 0.332 e. The van der Waals surface area contributed by atoms with Crippen molar-refractivity contribution in [2.75, 3.05) is 0 Å². The molecular weight excluding hydrogens is 312 g/mol. The van der Waals surface area contributed by atoms with Crippen molar-refractivity contribution < 1.29 is 0 Å². The van der Waals surface area contributed by atoms with E-state index in [2.05, 4.69) is 24.0 Å². The standard InChI is InChI=1S/C16H18N4O2S/c1-10-7-5-6-8-11(10)9-23-15-17-12-13(18(15)2)19(3)16(22)20(4)14(12)21/h5-8H,9H2,1-4H3. The second-order valence-electron chi connectivity index (χ2n) is 5.55. The Bertz CT molecular complexity index is 1010. The van der Waals surface area contributed by atoms with Gasteiger partial charge in [-0.25, -0.2) is 9.78 Å². The summed E-state index contributed by atoms with van der Waals surface area (Å²) < 4.78 is 4.35. The fourth-order valence-electron chi connectivity index (χ4n) is 2.60. The molecule has 7 heteroatoms. The molecule has 6 nitrogen and oxygen atoms in total. The molecule has 0 atom stereocenters. The molecule has 0 aliphatic rings. The van der Waals surface area contributed by atoms with E-state index in [1.807, 2.05) is 19.2 Å². The number of fused-ring (bicyclic) bond motifs is 1. The average molecular weight is 330 g/mol. The largest absolute Gasteiger partial charge is 0.332 e. The van der Waals surface area contributed by atoms with Crippen molar-refractivity contribution in [2.24, 2.45) is 21.1 Å². The number of rotatable bonds is 3. The van der Waals surface area contributed by atoms with Crippen LogP contribution in [-0.2, 0) is 26.9 Å². The molecule has 0 saturated carbocycles. The highest BCUT2D eigenvalue weighted by molar-refractivity contribution is 7.98. The van der Waals surface area contributed by atoms with Crippen LogP contribution in [0.1, 0.15) is 11.1 Å². The van der Waals surface area contributed by atoms with Crippen molar-refractivity contribution >= 4 is 22.9 Å². The van der Waals surface area contributed by atoms with Gasteiger partial charge in [-0.15, -0.1) is 0 Å². The van der Waals surface area contributed by atoms with Crippen molar-refractivity contribution in [3.05, 3.63) is 56.2 Å². The lowest BCUT2D eigenvalue weighted by atomic mass is 10.1. The van der Waals surface area contributed by atoms with Crippen molar-refractivity contribution in [1.82, 2.24) is 18.7 Å². The van der Waals surface area contributed by atoms with Crippen LogP contribution in [0.15, 0.2) is 39.0 Å². The number of thioether (sulfide) groups is 1. The van der Waals surface area contributed by atoms with Crippen LogP contribution in [0.2, 0.25) is 0 Å². The van der Waals surface area contributed by atoms with Gasteiger partial charge in [-0.1, -0.05) is 36.0 Å². The van der Waals surface area contributed by atoms with Crippen molar-refractivity contribution in [3.8, 4) is 0 Å². The zero-order valence-corrected chi connectivity index (χ0v) is 14.3. The van der Waals surface area contributed by atoms with Crippen LogP contribution in [-0.4, -0.2) is 18.7 Å². The van der Waals surface area contributed by atoms with Gasteiger partial charge in [-0.2, -0.15) is 0 Å². The molecule has 3 rings (SSSR count). The SMILES string of the molecule is Cc1ccccc1CSc1nc2c(=O)n(C)c(=O)n(C)c2n1C. The van der Waals surface area contributed by atoms with E-state index in [1.165, 1.54) is 22.7 Å². The topological polar surface area (TPSA) is 61.8 Å². The summed E-state index contributed by atoms with van der Waals surface area (Å²) in [5, 5.41) is 0.724. The Morgan fingerprint density at radius 2 is 1.74 bits per heavy atom. The van der Waals surface area contributed by atoms with Crippen molar-refractivity contribution in [2.45, 2.75) is 17.8 Å². The Morgan fingerprint density at radius 3 is 2.43 bits per heavy atom. The average Bonchev–Trinajstić information content (AvgIpc) is 2.87. The Balaban J connectivity index is 2.07. The van der Waals surface area contributed by atoms with Crippen LogP contribution in [0.25, 0.3) is 11.2 Å². The lowest BCUT2D eigenvalue weighted by Gasteiger charge is -2.07. The molecule has 0 spiro atoms. The summed E-state index contributed by atoms with van der Waals surface area (Å²) in [6.45, 7) is 2.07. The van der Waals surface area contributed by atoms with E-state index in [9.17, 15) is 9.59 Å². The van der Waals surface area contributed by atoms with Crippen LogP contribution in [0.3, 0.4) is 0 Å². The molecule has 3 aromatic rings. The molecular formula is C16H18N4O2S. The minimum Gasteiger partial charge on any atom is -0.308 e. The monoisotopic (exact) mass is 330 g/mol. The third kappa shape index (κ3) is 2.50. The maximum atomic E-state index is 12.3. The number of nitrogens with zero attached hydrogens (tertiary/aromatic N) is 4. The third-order valence-corrected chi connectivity index (χ3v) is 5.12. The highest BCUT2D eigenvalue weighted by Crippen LogP contribution is 2.25. The Hall–Kier alpha value is -2.28. The maximum absolute atomic E-state index is 12.3. The molecule has 0 N–H and O–H groups in total. The van der Waals surface area contributed by atoms with E-state index in [0.29, 0.717) is 11.2 Å². The van der Waals surface area contributed by atoms with Crippen LogP contribution in [0.4, 0.5) is 0 Å². The normalized spacial score (nSPS) is 11.3. The van der Waals surface area contributed by atoms with Gasteiger partial charge in [-0.3, -0.25) is 13.9 Å². The minimum absolute atomic E-state index is 0.324. The number of imidazole rings is 1. The van der Waals surface area contributed by atoms with Gasteiger partial charge in [0.25, 0.3) is 5.56 Å². The molecule has 0 unspecified atom stereocenters. The van der Waals surface area contributed by atoms with Gasteiger partial charge in [0, 0.05) is 26.9 Å². The summed E-state index contributed by atoms with van der Waals surface area (Å²) in [7, 11) is 4.95. The fraction of sp³-hybridized carbons (Fsp3) is 0.312. The summed E-state index contributed by atoms with van der Waals surface area (Å²) in [6.07, 6.45) is 0. The van der Waals surface area contributed by atoms with Crippen molar-refractivity contribution in [3.63, 3.8) is 0 Å². The number of hydrogen-bond acceptors (Lipinski definition) is 4. The molecule has 0 bridgehead atoms. The molecule has 0 fully saturated rings. The first-order valence-electron chi connectivity index (χ1n) is 7.21. The molecule has 0 amide bonds. The number of benzene rings is 1. The summed E-state index contributed by atoms with van der Waals surface area (Å²) in [4.78, 5) is 28.8. The van der Waals surface area contributed by atoms with Gasteiger partial charge in [0.15, 0.2) is 16.3 Å². The summed E-state index contributed by atoms with van der Waals surface area (Å²) in [5.74, 6) is 0.762. The summed E-state index contributed by atoms with van der Waals surface area (Å²) >= 11 is 1.56. The predicted octanol–water partition coefficient (Wildman–Crippen LogP) is 1.57.